The molecule has 8 heteroatoms. The average molecular weight is 663 g/mol. The van der Waals surface area contributed by atoms with Crippen LogP contribution in [0.2, 0.25) is 0 Å². The van der Waals surface area contributed by atoms with E-state index in [4.69, 9.17) is 0 Å². The molecule has 266 valence electrons. The van der Waals surface area contributed by atoms with E-state index >= 15 is 0 Å². The largest absolute Gasteiger partial charge is 0.354 e. The van der Waals surface area contributed by atoms with Gasteiger partial charge in [0.1, 0.15) is 12.1 Å². The summed E-state index contributed by atoms with van der Waals surface area (Å²) in [5.74, 6) is -0.638. The summed E-state index contributed by atoms with van der Waals surface area (Å²) >= 11 is 0. The number of carbonyl (C=O) groups is 4. The van der Waals surface area contributed by atoms with Gasteiger partial charge in [0.05, 0.1) is 0 Å². The van der Waals surface area contributed by atoms with Crippen molar-refractivity contribution in [3.63, 3.8) is 0 Å². The lowest BCUT2D eigenvalue weighted by atomic mass is 10.0. The Labute approximate surface area is 290 Å². The summed E-state index contributed by atoms with van der Waals surface area (Å²) in [5.41, 5.74) is 1.13. The van der Waals surface area contributed by atoms with Crippen LogP contribution < -0.4 is 21.3 Å². The standard InChI is InChI=1S/C40H62N4O4/c1-31(2)35(43-37(45)33-25-19-17-20-26-33)39(47)41-29-23-15-13-11-9-7-5-6-8-10-12-14-16-24-30-42-40(48)36(32(3)4)44-38(46)34-27-21-18-22-28-34/h17-22,25-28,31-32,35-36H,5-16,23-24,29-30H2,1-4H3,(H,41,47)(H,42,48)(H,43,45)(H,44,46)/t35-,36-/m0/s1. The molecule has 0 fully saturated rings. The molecule has 0 heterocycles. The van der Waals surface area contributed by atoms with Crippen LogP contribution in [-0.2, 0) is 9.59 Å². The van der Waals surface area contributed by atoms with Crippen molar-refractivity contribution in [2.75, 3.05) is 13.1 Å². The first kappa shape index (κ1) is 40.5. The van der Waals surface area contributed by atoms with Gasteiger partial charge in [-0.05, 0) is 48.9 Å². The number of unbranched alkanes of at least 4 members (excludes halogenated alkanes) is 13. The van der Waals surface area contributed by atoms with Crippen molar-refractivity contribution in [3.8, 4) is 0 Å². The summed E-state index contributed by atoms with van der Waals surface area (Å²) in [6.07, 6.45) is 16.7. The Morgan fingerprint density at radius 3 is 0.979 bits per heavy atom. The third kappa shape index (κ3) is 16.9. The maximum absolute atomic E-state index is 12.7. The van der Waals surface area contributed by atoms with Gasteiger partial charge < -0.3 is 21.3 Å². The first-order valence-corrected chi connectivity index (χ1v) is 18.5. The van der Waals surface area contributed by atoms with E-state index in [9.17, 15) is 19.2 Å². The zero-order chi connectivity index (χ0) is 35.0. The molecule has 0 aliphatic rings. The maximum Gasteiger partial charge on any atom is 0.251 e. The lowest BCUT2D eigenvalue weighted by molar-refractivity contribution is -0.124. The molecule has 0 radical (unpaired) electrons. The van der Waals surface area contributed by atoms with E-state index in [1.807, 2.05) is 64.1 Å². The third-order valence-electron chi connectivity index (χ3n) is 8.75. The molecule has 4 amide bonds. The quantitative estimate of drug-likeness (QED) is 0.0820. The van der Waals surface area contributed by atoms with Crippen LogP contribution >= 0.6 is 0 Å². The van der Waals surface area contributed by atoms with Crippen LogP contribution in [0.5, 0.6) is 0 Å². The zero-order valence-corrected chi connectivity index (χ0v) is 30.0. The predicted molar refractivity (Wildman–Crippen MR) is 196 cm³/mol. The third-order valence-corrected chi connectivity index (χ3v) is 8.75. The Kier molecular flexibility index (Phi) is 20.6. The molecule has 0 bridgehead atoms. The normalized spacial score (nSPS) is 12.4. The second kappa shape index (κ2) is 24.5. The Morgan fingerprint density at radius 2 is 0.708 bits per heavy atom. The summed E-state index contributed by atoms with van der Waals surface area (Å²) in [5, 5.41) is 11.8. The Bertz CT molecular complexity index is 1090. The number of hydrogen-bond acceptors (Lipinski definition) is 4. The van der Waals surface area contributed by atoms with Gasteiger partial charge in [0.25, 0.3) is 11.8 Å². The molecule has 0 unspecified atom stereocenters. The van der Waals surface area contributed by atoms with Crippen LogP contribution in [0, 0.1) is 11.8 Å². The monoisotopic (exact) mass is 662 g/mol. The minimum atomic E-state index is -0.539. The van der Waals surface area contributed by atoms with Crippen molar-refractivity contribution in [2.24, 2.45) is 11.8 Å². The molecular formula is C40H62N4O4. The first-order valence-electron chi connectivity index (χ1n) is 18.5. The highest BCUT2D eigenvalue weighted by molar-refractivity contribution is 5.98. The van der Waals surface area contributed by atoms with Crippen molar-refractivity contribution in [1.82, 2.24) is 21.3 Å². The predicted octanol–water partition coefficient (Wildman–Crippen LogP) is 7.59. The molecule has 0 spiro atoms. The molecule has 2 rings (SSSR count). The Balaban J connectivity index is 1.39. The van der Waals surface area contributed by atoms with Gasteiger partial charge in [-0.1, -0.05) is 141 Å². The molecule has 2 atom stereocenters. The molecule has 0 aliphatic carbocycles. The second-order valence-electron chi connectivity index (χ2n) is 13.7. The second-order valence-corrected chi connectivity index (χ2v) is 13.7. The van der Waals surface area contributed by atoms with Gasteiger partial charge in [-0.15, -0.1) is 0 Å². The Morgan fingerprint density at radius 1 is 0.438 bits per heavy atom. The van der Waals surface area contributed by atoms with Gasteiger partial charge in [0.15, 0.2) is 0 Å². The molecule has 0 aromatic heterocycles. The van der Waals surface area contributed by atoms with Crippen molar-refractivity contribution >= 4 is 23.6 Å². The topological polar surface area (TPSA) is 116 Å². The SMILES string of the molecule is CC(C)[C@H](NC(=O)c1ccccc1)C(=O)NCCCCCCCCCCCCCCCCNC(=O)[C@@H](NC(=O)c1ccccc1)C(C)C. The number of rotatable bonds is 25. The van der Waals surface area contributed by atoms with E-state index in [2.05, 4.69) is 21.3 Å². The molecule has 48 heavy (non-hydrogen) atoms. The van der Waals surface area contributed by atoms with Crippen molar-refractivity contribution in [3.05, 3.63) is 71.8 Å². The van der Waals surface area contributed by atoms with E-state index in [-0.39, 0.29) is 35.5 Å². The smallest absolute Gasteiger partial charge is 0.251 e. The van der Waals surface area contributed by atoms with Crippen LogP contribution in [0.4, 0.5) is 0 Å². The van der Waals surface area contributed by atoms with Gasteiger partial charge in [0, 0.05) is 24.2 Å². The van der Waals surface area contributed by atoms with Gasteiger partial charge in [0.2, 0.25) is 11.8 Å². The van der Waals surface area contributed by atoms with E-state index in [1.54, 1.807) is 24.3 Å². The Hall–Kier alpha value is -3.68. The van der Waals surface area contributed by atoms with Crippen molar-refractivity contribution in [2.45, 2.75) is 130 Å². The van der Waals surface area contributed by atoms with Crippen LogP contribution in [-0.4, -0.2) is 48.8 Å². The van der Waals surface area contributed by atoms with E-state index in [0.717, 1.165) is 25.7 Å². The number of carbonyl (C=O) groups excluding carboxylic acids is 4. The van der Waals surface area contributed by atoms with Gasteiger partial charge in [-0.2, -0.15) is 0 Å². The van der Waals surface area contributed by atoms with E-state index in [1.165, 1.54) is 64.2 Å². The zero-order valence-electron chi connectivity index (χ0n) is 30.0. The van der Waals surface area contributed by atoms with Gasteiger partial charge >= 0.3 is 0 Å². The summed E-state index contributed by atoms with van der Waals surface area (Å²) < 4.78 is 0. The summed E-state index contributed by atoms with van der Waals surface area (Å²) in [4.78, 5) is 50.3. The van der Waals surface area contributed by atoms with Gasteiger partial charge in [-0.25, -0.2) is 0 Å². The molecule has 8 nitrogen and oxygen atoms in total. The molecule has 0 saturated carbocycles. The van der Waals surface area contributed by atoms with Crippen molar-refractivity contribution < 1.29 is 19.2 Å². The highest BCUT2D eigenvalue weighted by atomic mass is 16.2. The van der Waals surface area contributed by atoms with Crippen LogP contribution in [0.15, 0.2) is 60.7 Å². The molecule has 2 aromatic rings. The van der Waals surface area contributed by atoms with Gasteiger partial charge in [-0.3, -0.25) is 19.2 Å². The minimum Gasteiger partial charge on any atom is -0.354 e. The fourth-order valence-corrected chi connectivity index (χ4v) is 5.71. The van der Waals surface area contributed by atoms with Crippen molar-refractivity contribution in [1.29, 1.82) is 0 Å². The summed E-state index contributed by atoms with van der Waals surface area (Å²) in [6.45, 7) is 9.08. The lowest BCUT2D eigenvalue weighted by Gasteiger charge is -2.21. The molecule has 0 aliphatic heterocycles. The molecular weight excluding hydrogens is 600 g/mol. The summed E-state index contributed by atoms with van der Waals surface area (Å²) in [6, 6.07) is 16.9. The lowest BCUT2D eigenvalue weighted by Crippen LogP contribution is -2.49. The number of amides is 4. The van der Waals surface area contributed by atoms with Crippen LogP contribution in [0.25, 0.3) is 0 Å². The average Bonchev–Trinajstić information content (AvgIpc) is 3.09. The number of nitrogens with one attached hydrogen (secondary N) is 4. The molecule has 2 aromatic carbocycles. The highest BCUT2D eigenvalue weighted by Crippen LogP contribution is 2.13. The first-order chi connectivity index (χ1) is 23.2. The molecule has 4 N–H and O–H groups in total. The van der Waals surface area contributed by atoms with E-state index in [0.29, 0.717) is 24.2 Å². The maximum atomic E-state index is 12.7. The number of benzene rings is 2. The summed E-state index contributed by atoms with van der Waals surface area (Å²) in [7, 11) is 0. The fourth-order valence-electron chi connectivity index (χ4n) is 5.71. The van der Waals surface area contributed by atoms with E-state index < -0.39 is 12.1 Å². The minimum absolute atomic E-state index is 0.0101. The fraction of sp³-hybridized carbons (Fsp3) is 0.600. The highest BCUT2D eigenvalue weighted by Gasteiger charge is 2.25. The van der Waals surface area contributed by atoms with Crippen LogP contribution in [0.1, 0.15) is 138 Å². The van der Waals surface area contributed by atoms with Crippen LogP contribution in [0.3, 0.4) is 0 Å². The number of hydrogen-bond donors (Lipinski definition) is 4. The molecule has 0 saturated heterocycles.